The molecular weight excluding hydrogens is 308 g/mol. The van der Waals surface area contributed by atoms with E-state index in [1.54, 1.807) is 0 Å². The lowest BCUT2D eigenvalue weighted by atomic mass is 9.48. The van der Waals surface area contributed by atoms with Gasteiger partial charge in [-0.2, -0.15) is 8.42 Å². The second-order valence-corrected chi connectivity index (χ2v) is 8.94. The molecule has 2 atom stereocenters. The maximum Gasteiger partial charge on any atom is 0.312 e. The highest BCUT2D eigenvalue weighted by atomic mass is 32.2. The Morgan fingerprint density at radius 1 is 1.14 bits per heavy atom. The van der Waals surface area contributed by atoms with Gasteiger partial charge in [-0.15, -0.1) is 0 Å². The van der Waals surface area contributed by atoms with Crippen LogP contribution in [0.15, 0.2) is 0 Å². The number of carbonyl (C=O) groups is 1. The van der Waals surface area contributed by atoms with Crippen molar-refractivity contribution in [2.75, 3.05) is 12.4 Å². The van der Waals surface area contributed by atoms with E-state index in [1.165, 1.54) is 0 Å². The number of rotatable bonds is 6. The summed E-state index contributed by atoms with van der Waals surface area (Å²) >= 11 is 0. The first kappa shape index (κ1) is 16.2. The zero-order valence-electron chi connectivity index (χ0n) is 12.6. The van der Waals surface area contributed by atoms with Crippen LogP contribution in [-0.2, 0) is 19.6 Å². The highest BCUT2D eigenvalue weighted by molar-refractivity contribution is 7.85. The molecule has 0 spiro atoms. The molecule has 4 fully saturated rings. The molecule has 22 heavy (non-hydrogen) atoms. The molecule has 0 aromatic rings. The summed E-state index contributed by atoms with van der Waals surface area (Å²) in [4.78, 5) is 12.5. The fourth-order valence-electron chi connectivity index (χ4n) is 4.95. The minimum atomic E-state index is -3.94. The third-order valence-corrected chi connectivity index (χ3v) is 6.49. The van der Waals surface area contributed by atoms with E-state index in [2.05, 4.69) is 0 Å². The predicted molar refractivity (Wildman–Crippen MR) is 78.6 cm³/mol. The van der Waals surface area contributed by atoms with Crippen molar-refractivity contribution in [1.29, 1.82) is 0 Å². The summed E-state index contributed by atoms with van der Waals surface area (Å²) in [7, 11) is -3.94. The van der Waals surface area contributed by atoms with Crippen LogP contribution in [0.5, 0.6) is 0 Å². The average Bonchev–Trinajstić information content (AvgIpc) is 2.42. The van der Waals surface area contributed by atoms with Gasteiger partial charge in [0.1, 0.15) is 0 Å². The van der Waals surface area contributed by atoms with E-state index in [1.807, 2.05) is 0 Å². The lowest BCUT2D eigenvalue weighted by molar-refractivity contribution is -0.184. The van der Waals surface area contributed by atoms with Gasteiger partial charge < -0.3 is 9.84 Å². The Labute approximate surface area is 131 Å². The molecule has 4 saturated carbocycles. The van der Waals surface area contributed by atoms with Gasteiger partial charge in [0.2, 0.25) is 0 Å². The van der Waals surface area contributed by atoms with E-state index in [9.17, 15) is 18.3 Å². The first-order valence-electron chi connectivity index (χ1n) is 8.09. The molecule has 4 bridgehead atoms. The maximum absolute atomic E-state index is 12.5. The van der Waals surface area contributed by atoms with Crippen molar-refractivity contribution in [2.45, 2.75) is 51.0 Å². The maximum atomic E-state index is 12.5. The fourth-order valence-corrected chi connectivity index (χ4v) is 5.52. The van der Waals surface area contributed by atoms with Crippen LogP contribution in [0, 0.1) is 23.2 Å². The third-order valence-electron chi connectivity index (χ3n) is 5.69. The van der Waals surface area contributed by atoms with Crippen LogP contribution in [0.25, 0.3) is 0 Å². The average molecular weight is 332 g/mol. The van der Waals surface area contributed by atoms with Crippen LogP contribution < -0.4 is 0 Å². The third kappa shape index (κ3) is 3.16. The Morgan fingerprint density at radius 2 is 1.77 bits per heavy atom. The largest absolute Gasteiger partial charge is 0.465 e. The minimum absolute atomic E-state index is 0.175. The van der Waals surface area contributed by atoms with Gasteiger partial charge in [-0.05, 0) is 62.7 Å². The van der Waals surface area contributed by atoms with Gasteiger partial charge in [0.25, 0.3) is 10.1 Å². The van der Waals surface area contributed by atoms with Gasteiger partial charge >= 0.3 is 5.97 Å². The van der Waals surface area contributed by atoms with E-state index in [4.69, 9.17) is 9.29 Å². The lowest BCUT2D eigenvalue weighted by Gasteiger charge is -2.57. The molecule has 4 aliphatic carbocycles. The molecule has 7 heteroatoms. The zero-order chi connectivity index (χ0) is 16.0. The molecule has 0 heterocycles. The van der Waals surface area contributed by atoms with Crippen molar-refractivity contribution in [3.8, 4) is 0 Å². The standard InChI is InChI=1S/C15H24O6S/c16-13-11-5-10-6-12(13)9-15(7-10,8-11)14(17)21-3-1-2-4-22(18,19)20/h10-13,16H,1-9H2,(H,18,19,20). The Morgan fingerprint density at radius 3 is 2.36 bits per heavy atom. The Balaban J connectivity index is 1.50. The van der Waals surface area contributed by atoms with Gasteiger partial charge in [0.05, 0.1) is 23.9 Å². The molecule has 0 aromatic heterocycles. The summed E-state index contributed by atoms with van der Waals surface area (Å²) in [6.45, 7) is 0.193. The summed E-state index contributed by atoms with van der Waals surface area (Å²) in [6.07, 6.45) is 4.84. The molecule has 0 amide bonds. The highest BCUT2D eigenvalue weighted by Gasteiger charge is 2.58. The quantitative estimate of drug-likeness (QED) is 0.433. The van der Waals surface area contributed by atoms with Gasteiger partial charge in [0, 0.05) is 0 Å². The van der Waals surface area contributed by atoms with Crippen LogP contribution in [0.4, 0.5) is 0 Å². The molecule has 4 aliphatic rings. The number of hydrogen-bond acceptors (Lipinski definition) is 5. The summed E-state index contributed by atoms with van der Waals surface area (Å²) < 4.78 is 35.3. The van der Waals surface area contributed by atoms with E-state index >= 15 is 0 Å². The first-order chi connectivity index (χ1) is 10.3. The zero-order valence-corrected chi connectivity index (χ0v) is 13.4. The number of hydrogen-bond donors (Lipinski definition) is 2. The molecule has 126 valence electrons. The number of ether oxygens (including phenoxy) is 1. The Kier molecular flexibility index (Phi) is 4.24. The summed E-state index contributed by atoms with van der Waals surface area (Å²) in [5.41, 5.74) is -0.418. The van der Waals surface area contributed by atoms with Gasteiger partial charge in [-0.3, -0.25) is 9.35 Å². The molecule has 0 radical (unpaired) electrons. The Bertz CT molecular complexity index is 526. The van der Waals surface area contributed by atoms with Gasteiger partial charge in [-0.25, -0.2) is 0 Å². The topological polar surface area (TPSA) is 101 Å². The van der Waals surface area contributed by atoms with Crippen LogP contribution in [-0.4, -0.2) is 42.5 Å². The SMILES string of the molecule is O=C(OCCCCS(=O)(=O)O)C12CC3CC(C1)C(O)C(C3)C2. The van der Waals surface area contributed by atoms with Crippen molar-refractivity contribution in [3.63, 3.8) is 0 Å². The van der Waals surface area contributed by atoms with Crippen LogP contribution in [0.2, 0.25) is 0 Å². The van der Waals surface area contributed by atoms with Crippen molar-refractivity contribution in [1.82, 2.24) is 0 Å². The van der Waals surface area contributed by atoms with E-state index < -0.39 is 15.5 Å². The number of aliphatic hydroxyl groups is 1. The van der Waals surface area contributed by atoms with Crippen molar-refractivity contribution < 1.29 is 27.6 Å². The number of esters is 1. The molecule has 0 aliphatic heterocycles. The molecular formula is C15H24O6S. The monoisotopic (exact) mass is 332 g/mol. The van der Waals surface area contributed by atoms with Crippen LogP contribution in [0.1, 0.15) is 44.9 Å². The van der Waals surface area contributed by atoms with E-state index in [0.717, 1.165) is 32.1 Å². The summed E-state index contributed by atoms with van der Waals surface area (Å²) in [5.74, 6) is 0.531. The van der Waals surface area contributed by atoms with E-state index in [0.29, 0.717) is 12.3 Å². The first-order valence-corrected chi connectivity index (χ1v) is 9.70. The van der Waals surface area contributed by atoms with Crippen molar-refractivity contribution in [3.05, 3.63) is 0 Å². The molecule has 0 saturated heterocycles. The molecule has 6 nitrogen and oxygen atoms in total. The van der Waals surface area contributed by atoms with Crippen molar-refractivity contribution >= 4 is 16.1 Å². The number of carbonyl (C=O) groups excluding carboxylic acids is 1. The second-order valence-electron chi connectivity index (χ2n) is 7.37. The molecule has 4 rings (SSSR count). The summed E-state index contributed by atoms with van der Waals surface area (Å²) in [6, 6.07) is 0. The van der Waals surface area contributed by atoms with Gasteiger partial charge in [-0.1, -0.05) is 0 Å². The van der Waals surface area contributed by atoms with Crippen molar-refractivity contribution in [2.24, 2.45) is 23.2 Å². The highest BCUT2D eigenvalue weighted by Crippen LogP contribution is 2.60. The summed E-state index contributed by atoms with van der Waals surface area (Å²) in [5, 5.41) is 10.2. The van der Waals surface area contributed by atoms with E-state index in [-0.39, 0.29) is 42.7 Å². The molecule has 2 unspecified atom stereocenters. The minimum Gasteiger partial charge on any atom is -0.465 e. The Hall–Kier alpha value is -0.660. The number of aliphatic hydroxyl groups excluding tert-OH is 1. The fraction of sp³-hybridized carbons (Fsp3) is 0.933. The second kappa shape index (κ2) is 5.76. The van der Waals surface area contributed by atoms with Gasteiger partial charge in [0.15, 0.2) is 0 Å². The molecule has 2 N–H and O–H groups in total. The van der Waals surface area contributed by atoms with Crippen LogP contribution in [0.3, 0.4) is 0 Å². The number of unbranched alkanes of at least 4 members (excludes halogenated alkanes) is 1. The normalized spacial score (nSPS) is 39.9. The predicted octanol–water partition coefficient (Wildman–Crippen LogP) is 1.38. The van der Waals surface area contributed by atoms with Crippen LogP contribution >= 0.6 is 0 Å². The molecule has 0 aromatic carbocycles. The lowest BCUT2D eigenvalue weighted by Crippen LogP contribution is -2.56. The smallest absolute Gasteiger partial charge is 0.312 e.